The van der Waals surface area contributed by atoms with E-state index in [1.807, 2.05) is 12.1 Å². The van der Waals surface area contributed by atoms with Crippen LogP contribution in [0, 0.1) is 0 Å². The third-order valence-corrected chi connectivity index (χ3v) is 5.29. The highest BCUT2D eigenvalue weighted by Crippen LogP contribution is 2.43. The number of nitrogens with zero attached hydrogens (tertiary/aromatic N) is 2. The SMILES string of the molecule is c1ccc(-c2c3ccccc3c(-c3ccccc3)c3snnc23)cc1. The molecule has 1 aromatic heterocycles. The van der Waals surface area contributed by atoms with Crippen LogP contribution in [0.25, 0.3) is 43.2 Å². The van der Waals surface area contributed by atoms with Crippen molar-refractivity contribution in [3.05, 3.63) is 84.9 Å². The van der Waals surface area contributed by atoms with E-state index < -0.39 is 0 Å². The first-order chi connectivity index (χ1) is 12.4. The highest BCUT2D eigenvalue weighted by molar-refractivity contribution is 7.13. The molecule has 0 aliphatic rings. The van der Waals surface area contributed by atoms with Gasteiger partial charge in [0.1, 0.15) is 5.52 Å². The Hall–Kier alpha value is -3.04. The van der Waals surface area contributed by atoms with E-state index in [-0.39, 0.29) is 0 Å². The molecule has 0 aliphatic heterocycles. The first-order valence-electron chi connectivity index (χ1n) is 8.21. The van der Waals surface area contributed by atoms with Gasteiger partial charge in [-0.2, -0.15) is 0 Å². The van der Waals surface area contributed by atoms with Gasteiger partial charge >= 0.3 is 0 Å². The molecule has 0 N–H and O–H groups in total. The minimum absolute atomic E-state index is 0.980. The van der Waals surface area contributed by atoms with Gasteiger partial charge in [0.2, 0.25) is 0 Å². The number of aromatic nitrogens is 2. The Kier molecular flexibility index (Phi) is 3.32. The fraction of sp³-hybridized carbons (Fsp3) is 0. The molecule has 1 heterocycles. The number of hydrogen-bond donors (Lipinski definition) is 0. The standard InChI is InChI=1S/C22H14N2S/c1-3-9-15(10-4-1)19-17-13-7-8-14-18(17)20(16-11-5-2-6-12-16)22-21(19)23-24-25-22/h1-14H. The maximum Gasteiger partial charge on any atom is 0.115 e. The molecule has 2 nitrogen and oxygen atoms in total. The van der Waals surface area contributed by atoms with Gasteiger partial charge in [-0.05, 0) is 33.4 Å². The molecule has 0 fully saturated rings. The van der Waals surface area contributed by atoms with E-state index in [1.54, 1.807) is 0 Å². The van der Waals surface area contributed by atoms with E-state index in [1.165, 1.54) is 44.6 Å². The Bertz CT molecular complexity index is 1090. The second-order valence-electron chi connectivity index (χ2n) is 5.98. The highest BCUT2D eigenvalue weighted by atomic mass is 32.1. The van der Waals surface area contributed by atoms with Crippen LogP contribution in [0.2, 0.25) is 0 Å². The van der Waals surface area contributed by atoms with Crippen molar-refractivity contribution in [3.8, 4) is 22.3 Å². The summed E-state index contributed by atoms with van der Waals surface area (Å²) in [5.41, 5.74) is 5.75. The number of benzene rings is 4. The largest absolute Gasteiger partial charge is 0.137 e. The molecule has 5 rings (SSSR count). The molecule has 0 saturated heterocycles. The first kappa shape index (κ1) is 14.3. The van der Waals surface area contributed by atoms with E-state index in [0.29, 0.717) is 0 Å². The summed E-state index contributed by atoms with van der Waals surface area (Å²) in [6.07, 6.45) is 0. The summed E-state index contributed by atoms with van der Waals surface area (Å²) in [6, 6.07) is 29.6. The summed E-state index contributed by atoms with van der Waals surface area (Å²) in [7, 11) is 0. The summed E-state index contributed by atoms with van der Waals surface area (Å²) in [5.74, 6) is 0. The molecule has 118 valence electrons. The van der Waals surface area contributed by atoms with Crippen LogP contribution in [0.1, 0.15) is 0 Å². The lowest BCUT2D eigenvalue weighted by Crippen LogP contribution is -1.89. The zero-order valence-corrected chi connectivity index (χ0v) is 14.2. The van der Waals surface area contributed by atoms with E-state index in [9.17, 15) is 0 Å². The average Bonchev–Trinajstić information content (AvgIpc) is 3.16. The van der Waals surface area contributed by atoms with Crippen molar-refractivity contribution in [1.29, 1.82) is 0 Å². The summed E-state index contributed by atoms with van der Waals surface area (Å²) >= 11 is 1.47. The third kappa shape index (κ3) is 2.24. The molecule has 0 amide bonds. The zero-order chi connectivity index (χ0) is 16.6. The van der Waals surface area contributed by atoms with Crippen molar-refractivity contribution >= 4 is 32.5 Å². The topological polar surface area (TPSA) is 25.8 Å². The van der Waals surface area contributed by atoms with Gasteiger partial charge in [-0.3, -0.25) is 0 Å². The Balaban J connectivity index is 2.00. The van der Waals surface area contributed by atoms with E-state index in [2.05, 4.69) is 82.4 Å². The number of fused-ring (bicyclic) bond motifs is 2. The molecule has 5 aromatic rings. The maximum absolute atomic E-state index is 4.50. The van der Waals surface area contributed by atoms with Crippen LogP contribution < -0.4 is 0 Å². The van der Waals surface area contributed by atoms with Crippen molar-refractivity contribution in [2.45, 2.75) is 0 Å². The summed E-state index contributed by atoms with van der Waals surface area (Å²) in [5, 5.41) is 6.96. The fourth-order valence-electron chi connectivity index (χ4n) is 3.48. The lowest BCUT2D eigenvalue weighted by atomic mass is 9.91. The average molecular weight is 338 g/mol. The molecule has 0 unspecified atom stereocenters. The molecule has 0 bridgehead atoms. The van der Waals surface area contributed by atoms with E-state index in [0.717, 1.165) is 10.2 Å². The highest BCUT2D eigenvalue weighted by Gasteiger charge is 2.18. The van der Waals surface area contributed by atoms with Gasteiger partial charge < -0.3 is 0 Å². The molecule has 0 aliphatic carbocycles. The van der Waals surface area contributed by atoms with Crippen LogP contribution in [0.15, 0.2) is 84.9 Å². The maximum atomic E-state index is 4.50. The second-order valence-corrected chi connectivity index (χ2v) is 6.73. The van der Waals surface area contributed by atoms with Crippen LogP contribution >= 0.6 is 11.5 Å². The van der Waals surface area contributed by atoms with Crippen molar-refractivity contribution in [2.24, 2.45) is 0 Å². The van der Waals surface area contributed by atoms with Gasteiger partial charge in [0.15, 0.2) is 0 Å². The molecule has 0 atom stereocenters. The van der Waals surface area contributed by atoms with Gasteiger partial charge in [-0.25, -0.2) is 0 Å². The zero-order valence-electron chi connectivity index (χ0n) is 13.4. The molecule has 3 heteroatoms. The Morgan fingerprint density at radius 2 is 1.08 bits per heavy atom. The summed E-state index contributed by atoms with van der Waals surface area (Å²) in [4.78, 5) is 0. The van der Waals surface area contributed by atoms with Crippen molar-refractivity contribution in [2.75, 3.05) is 0 Å². The first-order valence-corrected chi connectivity index (χ1v) is 8.98. The molecule has 0 saturated carbocycles. The Morgan fingerprint density at radius 3 is 1.72 bits per heavy atom. The van der Waals surface area contributed by atoms with Gasteiger partial charge in [-0.1, -0.05) is 89.4 Å². The van der Waals surface area contributed by atoms with Crippen molar-refractivity contribution in [1.82, 2.24) is 9.59 Å². The lowest BCUT2D eigenvalue weighted by Gasteiger charge is -2.13. The van der Waals surface area contributed by atoms with Gasteiger partial charge in [0.05, 0.1) is 4.70 Å². The molecular weight excluding hydrogens is 324 g/mol. The van der Waals surface area contributed by atoms with E-state index in [4.69, 9.17) is 0 Å². The van der Waals surface area contributed by atoms with Crippen LogP contribution in [0.5, 0.6) is 0 Å². The Morgan fingerprint density at radius 1 is 0.560 bits per heavy atom. The minimum Gasteiger partial charge on any atom is -0.137 e. The van der Waals surface area contributed by atoms with Crippen LogP contribution in [0.3, 0.4) is 0 Å². The predicted molar refractivity (Wildman–Crippen MR) is 106 cm³/mol. The molecular formula is C22H14N2S. The van der Waals surface area contributed by atoms with Crippen LogP contribution in [0.4, 0.5) is 0 Å². The summed E-state index contributed by atoms with van der Waals surface area (Å²) < 4.78 is 5.43. The smallest absolute Gasteiger partial charge is 0.115 e. The molecule has 25 heavy (non-hydrogen) atoms. The van der Waals surface area contributed by atoms with Crippen molar-refractivity contribution < 1.29 is 0 Å². The summed E-state index contributed by atoms with van der Waals surface area (Å²) in [6.45, 7) is 0. The Labute approximate surface area is 149 Å². The molecule has 0 radical (unpaired) electrons. The monoisotopic (exact) mass is 338 g/mol. The predicted octanol–water partition coefficient (Wildman–Crippen LogP) is 6.18. The van der Waals surface area contributed by atoms with Gasteiger partial charge in [0, 0.05) is 11.1 Å². The number of hydrogen-bond acceptors (Lipinski definition) is 3. The molecule has 0 spiro atoms. The van der Waals surface area contributed by atoms with Gasteiger partial charge in [0.25, 0.3) is 0 Å². The number of rotatable bonds is 2. The van der Waals surface area contributed by atoms with Crippen LogP contribution in [-0.4, -0.2) is 9.59 Å². The minimum atomic E-state index is 0.980. The third-order valence-electron chi connectivity index (χ3n) is 4.54. The van der Waals surface area contributed by atoms with E-state index >= 15 is 0 Å². The van der Waals surface area contributed by atoms with Crippen molar-refractivity contribution in [3.63, 3.8) is 0 Å². The van der Waals surface area contributed by atoms with Crippen LogP contribution in [-0.2, 0) is 0 Å². The fourth-order valence-corrected chi connectivity index (χ4v) is 4.23. The molecule has 4 aromatic carbocycles. The second kappa shape index (κ2) is 5.80. The normalized spacial score (nSPS) is 11.2. The lowest BCUT2D eigenvalue weighted by molar-refractivity contribution is 1.20. The quantitative estimate of drug-likeness (QED) is 0.384. The van der Waals surface area contributed by atoms with Gasteiger partial charge in [-0.15, -0.1) is 5.10 Å².